The summed E-state index contributed by atoms with van der Waals surface area (Å²) in [4.78, 5) is 0. The molecule has 0 radical (unpaired) electrons. The van der Waals surface area contributed by atoms with Crippen LogP contribution in [-0.2, 0) is 0 Å². The molecule has 0 aliphatic heterocycles. The number of fused-ring (bicyclic) bond motifs is 2. The zero-order chi connectivity index (χ0) is 10.5. The Hall–Kier alpha value is -0.0800. The van der Waals surface area contributed by atoms with Gasteiger partial charge in [0.2, 0.25) is 0 Å². The molecule has 0 saturated heterocycles. The Balaban J connectivity index is 1.60. The van der Waals surface area contributed by atoms with Crippen molar-refractivity contribution in [1.82, 2.24) is 5.32 Å². The number of hydrogen-bond acceptors (Lipinski definition) is 2. The Morgan fingerprint density at radius 3 is 2.60 bits per heavy atom. The van der Waals surface area contributed by atoms with Crippen molar-refractivity contribution in [3.05, 3.63) is 0 Å². The fourth-order valence-electron chi connectivity index (χ4n) is 4.00. The minimum atomic E-state index is 0.339. The third-order valence-electron chi connectivity index (χ3n) is 5.33. The Morgan fingerprint density at radius 1 is 1.33 bits per heavy atom. The summed E-state index contributed by atoms with van der Waals surface area (Å²) in [6.07, 6.45) is 7.13. The largest absolute Gasteiger partial charge is 0.329 e. The minimum absolute atomic E-state index is 0.339. The first-order chi connectivity index (χ1) is 7.23. The summed E-state index contributed by atoms with van der Waals surface area (Å²) in [5.41, 5.74) is 6.37. The van der Waals surface area contributed by atoms with E-state index in [9.17, 15) is 0 Å². The molecule has 3 N–H and O–H groups in total. The lowest BCUT2D eigenvalue weighted by Gasteiger charge is -2.38. The third-order valence-corrected chi connectivity index (χ3v) is 5.33. The van der Waals surface area contributed by atoms with Gasteiger partial charge in [-0.3, -0.25) is 0 Å². The number of rotatable bonds is 4. The second kappa shape index (κ2) is 3.46. The Morgan fingerprint density at radius 2 is 2.13 bits per heavy atom. The molecule has 0 aromatic carbocycles. The topological polar surface area (TPSA) is 38.0 Å². The quantitative estimate of drug-likeness (QED) is 0.738. The molecule has 0 amide bonds. The van der Waals surface area contributed by atoms with Gasteiger partial charge in [-0.05, 0) is 55.9 Å². The Labute approximate surface area is 93.0 Å². The standard InChI is InChI=1S/C13H24N2/c1-9-4-11(9)7-15-13(8-14)6-10-2-3-12(13)5-10/h9-12,15H,2-8,14H2,1H3. The molecule has 2 bridgehead atoms. The van der Waals surface area contributed by atoms with Gasteiger partial charge in [0.15, 0.2) is 0 Å². The van der Waals surface area contributed by atoms with Gasteiger partial charge in [-0.1, -0.05) is 13.3 Å². The van der Waals surface area contributed by atoms with Crippen LogP contribution >= 0.6 is 0 Å². The predicted octanol–water partition coefficient (Wildman–Crippen LogP) is 1.75. The van der Waals surface area contributed by atoms with Crippen molar-refractivity contribution in [1.29, 1.82) is 0 Å². The van der Waals surface area contributed by atoms with E-state index in [0.717, 1.165) is 30.2 Å². The van der Waals surface area contributed by atoms with E-state index in [-0.39, 0.29) is 0 Å². The van der Waals surface area contributed by atoms with Crippen molar-refractivity contribution in [2.45, 2.75) is 44.6 Å². The van der Waals surface area contributed by atoms with Crippen LogP contribution in [0.3, 0.4) is 0 Å². The first-order valence-electron chi connectivity index (χ1n) is 6.68. The van der Waals surface area contributed by atoms with Gasteiger partial charge < -0.3 is 11.1 Å². The summed E-state index contributed by atoms with van der Waals surface area (Å²) in [6.45, 7) is 4.44. The van der Waals surface area contributed by atoms with Crippen molar-refractivity contribution < 1.29 is 0 Å². The Kier molecular flexibility index (Phi) is 2.33. The van der Waals surface area contributed by atoms with E-state index in [1.807, 2.05) is 0 Å². The van der Waals surface area contributed by atoms with Crippen LogP contribution in [0.5, 0.6) is 0 Å². The normalized spacial score (nSPS) is 52.4. The van der Waals surface area contributed by atoms with Crippen molar-refractivity contribution in [2.24, 2.45) is 29.4 Å². The number of nitrogens with one attached hydrogen (secondary N) is 1. The van der Waals surface area contributed by atoms with Gasteiger partial charge in [-0.25, -0.2) is 0 Å². The summed E-state index contributed by atoms with van der Waals surface area (Å²) in [5, 5.41) is 3.84. The van der Waals surface area contributed by atoms with Gasteiger partial charge in [0.1, 0.15) is 0 Å². The summed E-state index contributed by atoms with van der Waals surface area (Å²) < 4.78 is 0. The second-order valence-corrected chi connectivity index (χ2v) is 6.29. The van der Waals surface area contributed by atoms with Gasteiger partial charge >= 0.3 is 0 Å². The molecule has 5 unspecified atom stereocenters. The predicted molar refractivity (Wildman–Crippen MR) is 62.5 cm³/mol. The highest BCUT2D eigenvalue weighted by Gasteiger charge is 2.50. The van der Waals surface area contributed by atoms with Gasteiger partial charge in [0.05, 0.1) is 0 Å². The van der Waals surface area contributed by atoms with E-state index in [1.165, 1.54) is 38.6 Å². The van der Waals surface area contributed by atoms with Crippen LogP contribution in [0, 0.1) is 23.7 Å². The summed E-state index contributed by atoms with van der Waals surface area (Å²) in [7, 11) is 0. The van der Waals surface area contributed by atoms with E-state index in [4.69, 9.17) is 5.73 Å². The molecule has 0 aromatic rings. The number of nitrogens with two attached hydrogens (primary N) is 1. The second-order valence-electron chi connectivity index (χ2n) is 6.29. The molecule has 3 saturated carbocycles. The van der Waals surface area contributed by atoms with Crippen molar-refractivity contribution >= 4 is 0 Å². The maximum Gasteiger partial charge on any atom is 0.0335 e. The van der Waals surface area contributed by atoms with E-state index >= 15 is 0 Å². The van der Waals surface area contributed by atoms with E-state index in [0.29, 0.717) is 5.54 Å². The van der Waals surface area contributed by atoms with Crippen LogP contribution in [-0.4, -0.2) is 18.6 Å². The van der Waals surface area contributed by atoms with Crippen molar-refractivity contribution in [3.8, 4) is 0 Å². The highest BCUT2D eigenvalue weighted by Crippen LogP contribution is 2.50. The molecular formula is C13H24N2. The fraction of sp³-hybridized carbons (Fsp3) is 1.00. The van der Waals surface area contributed by atoms with Crippen LogP contribution in [0.1, 0.15) is 39.0 Å². The third kappa shape index (κ3) is 1.62. The fourth-order valence-corrected chi connectivity index (χ4v) is 4.00. The van der Waals surface area contributed by atoms with Gasteiger partial charge in [0, 0.05) is 12.1 Å². The molecule has 2 heteroatoms. The monoisotopic (exact) mass is 208 g/mol. The summed E-state index contributed by atoms with van der Waals surface area (Å²) >= 11 is 0. The Bertz CT molecular complexity index is 253. The van der Waals surface area contributed by atoms with Crippen LogP contribution < -0.4 is 11.1 Å². The molecule has 3 aliphatic carbocycles. The smallest absolute Gasteiger partial charge is 0.0335 e. The van der Waals surface area contributed by atoms with E-state index < -0.39 is 0 Å². The lowest BCUT2D eigenvalue weighted by atomic mass is 9.81. The summed E-state index contributed by atoms with van der Waals surface area (Å²) in [6, 6.07) is 0. The van der Waals surface area contributed by atoms with E-state index in [2.05, 4.69) is 12.2 Å². The highest BCUT2D eigenvalue weighted by atomic mass is 15.0. The van der Waals surface area contributed by atoms with Crippen LogP contribution in [0.25, 0.3) is 0 Å². The maximum absolute atomic E-state index is 6.03. The van der Waals surface area contributed by atoms with Crippen molar-refractivity contribution in [3.63, 3.8) is 0 Å². The molecule has 2 nitrogen and oxygen atoms in total. The molecule has 0 aromatic heterocycles. The van der Waals surface area contributed by atoms with Gasteiger partial charge in [-0.15, -0.1) is 0 Å². The molecule has 3 aliphatic rings. The average Bonchev–Trinajstić information content (AvgIpc) is 2.68. The van der Waals surface area contributed by atoms with Crippen LogP contribution in [0.4, 0.5) is 0 Å². The summed E-state index contributed by atoms with van der Waals surface area (Å²) in [5.74, 6) is 3.79. The number of hydrogen-bond donors (Lipinski definition) is 2. The molecule has 5 atom stereocenters. The van der Waals surface area contributed by atoms with Gasteiger partial charge in [-0.2, -0.15) is 0 Å². The zero-order valence-corrected chi connectivity index (χ0v) is 9.84. The van der Waals surface area contributed by atoms with Crippen molar-refractivity contribution in [2.75, 3.05) is 13.1 Å². The molecule has 3 rings (SSSR count). The SMILES string of the molecule is CC1CC1CNC1(CN)CC2CCC1C2. The molecule has 15 heavy (non-hydrogen) atoms. The first kappa shape index (κ1) is 10.1. The molecule has 0 heterocycles. The highest BCUT2D eigenvalue weighted by molar-refractivity contribution is 5.07. The minimum Gasteiger partial charge on any atom is -0.329 e. The lowest BCUT2D eigenvalue weighted by molar-refractivity contribution is 0.213. The maximum atomic E-state index is 6.03. The molecule has 0 spiro atoms. The molecule has 3 fully saturated rings. The molecular weight excluding hydrogens is 184 g/mol. The van der Waals surface area contributed by atoms with Crippen LogP contribution in [0.2, 0.25) is 0 Å². The van der Waals surface area contributed by atoms with Crippen LogP contribution in [0.15, 0.2) is 0 Å². The first-order valence-corrected chi connectivity index (χ1v) is 6.68. The average molecular weight is 208 g/mol. The zero-order valence-electron chi connectivity index (χ0n) is 9.84. The molecule has 86 valence electrons. The lowest BCUT2D eigenvalue weighted by Crippen LogP contribution is -2.55. The van der Waals surface area contributed by atoms with Gasteiger partial charge in [0.25, 0.3) is 0 Å². The van der Waals surface area contributed by atoms with E-state index in [1.54, 1.807) is 0 Å².